The van der Waals surface area contributed by atoms with Crippen LogP contribution >= 0.6 is 0 Å². The van der Waals surface area contributed by atoms with Crippen molar-refractivity contribution in [2.75, 3.05) is 6.54 Å². The highest BCUT2D eigenvalue weighted by Crippen LogP contribution is 2.30. The highest BCUT2D eigenvalue weighted by atomic mass is 19.1. The minimum atomic E-state index is -1.02. The third kappa shape index (κ3) is 5.68. The van der Waals surface area contributed by atoms with Crippen molar-refractivity contribution in [2.24, 2.45) is 5.92 Å². The van der Waals surface area contributed by atoms with Gasteiger partial charge in [0.05, 0.1) is 25.3 Å². The first kappa shape index (κ1) is 21.5. The van der Waals surface area contributed by atoms with Crippen LogP contribution in [0.25, 0.3) is 0 Å². The quantitative estimate of drug-likeness (QED) is 0.702. The number of likely N-dealkylation sites (tertiary alicyclic amines) is 1. The SMILES string of the molecule is O=C(NCc1ccccc1)c1cn(C[C@@H]2C[C@H](F)CN2C(=O)CCC2CCCC2)nn1. The highest BCUT2D eigenvalue weighted by molar-refractivity contribution is 5.91. The zero-order valence-electron chi connectivity index (χ0n) is 17.8. The summed E-state index contributed by atoms with van der Waals surface area (Å²) in [6.45, 7) is 0.893. The van der Waals surface area contributed by atoms with Crippen molar-refractivity contribution in [3.63, 3.8) is 0 Å². The lowest BCUT2D eigenvalue weighted by Gasteiger charge is -2.24. The van der Waals surface area contributed by atoms with Crippen molar-refractivity contribution in [3.8, 4) is 0 Å². The predicted molar refractivity (Wildman–Crippen MR) is 114 cm³/mol. The Morgan fingerprint density at radius 1 is 1.16 bits per heavy atom. The molecule has 1 aliphatic heterocycles. The predicted octanol–water partition coefficient (Wildman–Crippen LogP) is 3.12. The van der Waals surface area contributed by atoms with Crippen molar-refractivity contribution < 1.29 is 14.0 Å². The second-order valence-electron chi connectivity index (χ2n) is 8.72. The monoisotopic (exact) mass is 427 g/mol. The molecule has 4 rings (SSSR count). The molecule has 7 nitrogen and oxygen atoms in total. The molecule has 1 saturated heterocycles. The van der Waals surface area contributed by atoms with Crippen molar-refractivity contribution >= 4 is 11.8 Å². The van der Waals surface area contributed by atoms with Gasteiger partial charge in [-0.05, 0) is 17.9 Å². The molecule has 1 N–H and O–H groups in total. The molecule has 1 saturated carbocycles. The number of hydrogen-bond acceptors (Lipinski definition) is 4. The third-order valence-electron chi connectivity index (χ3n) is 6.39. The maximum absolute atomic E-state index is 14.1. The molecule has 0 radical (unpaired) electrons. The molecule has 0 unspecified atom stereocenters. The van der Waals surface area contributed by atoms with Crippen molar-refractivity contribution in [1.29, 1.82) is 0 Å². The smallest absolute Gasteiger partial charge is 0.273 e. The van der Waals surface area contributed by atoms with Crippen LogP contribution in [0, 0.1) is 5.92 Å². The van der Waals surface area contributed by atoms with E-state index in [1.54, 1.807) is 11.1 Å². The van der Waals surface area contributed by atoms with Gasteiger partial charge in [0.2, 0.25) is 5.91 Å². The number of amides is 2. The van der Waals surface area contributed by atoms with Gasteiger partial charge in [0.25, 0.3) is 5.91 Å². The standard InChI is InChI=1S/C23H30FN5O2/c24-19-12-20(29(14-19)22(30)11-10-17-6-4-5-7-17)15-28-16-21(26-27-28)23(31)25-13-18-8-2-1-3-9-18/h1-3,8-9,16-17,19-20H,4-7,10-15H2,(H,25,31)/t19-,20-/m0/s1. The molecule has 2 aromatic rings. The summed E-state index contributed by atoms with van der Waals surface area (Å²) >= 11 is 0. The fourth-order valence-electron chi connectivity index (χ4n) is 4.68. The van der Waals surface area contributed by atoms with Gasteiger partial charge in [-0.1, -0.05) is 61.2 Å². The number of aromatic nitrogens is 3. The Balaban J connectivity index is 1.30. The van der Waals surface area contributed by atoms with Gasteiger partial charge in [-0.25, -0.2) is 9.07 Å². The lowest BCUT2D eigenvalue weighted by molar-refractivity contribution is -0.132. The summed E-state index contributed by atoms with van der Waals surface area (Å²) in [5, 5.41) is 10.8. The van der Waals surface area contributed by atoms with E-state index in [-0.39, 0.29) is 30.1 Å². The van der Waals surface area contributed by atoms with Crippen molar-refractivity contribution in [3.05, 3.63) is 47.8 Å². The molecule has 2 fully saturated rings. The fourth-order valence-corrected chi connectivity index (χ4v) is 4.68. The topological polar surface area (TPSA) is 80.1 Å². The summed E-state index contributed by atoms with van der Waals surface area (Å²) < 4.78 is 15.7. The number of rotatable bonds is 8. The van der Waals surface area contributed by atoms with Gasteiger partial charge in [-0.15, -0.1) is 5.10 Å². The summed E-state index contributed by atoms with van der Waals surface area (Å²) in [4.78, 5) is 26.7. The molecule has 1 aliphatic carbocycles. The number of nitrogens with zero attached hydrogens (tertiary/aromatic N) is 4. The first-order chi connectivity index (χ1) is 15.1. The van der Waals surface area contributed by atoms with E-state index in [4.69, 9.17) is 0 Å². The van der Waals surface area contributed by atoms with E-state index in [1.807, 2.05) is 30.3 Å². The number of nitrogens with one attached hydrogen (secondary N) is 1. The molecule has 1 aromatic heterocycles. The number of alkyl halides is 1. The molecular weight excluding hydrogens is 397 g/mol. The minimum absolute atomic E-state index is 0.0259. The minimum Gasteiger partial charge on any atom is -0.347 e. The summed E-state index contributed by atoms with van der Waals surface area (Å²) in [6.07, 6.45) is 7.14. The number of halogens is 1. The molecule has 8 heteroatoms. The molecule has 31 heavy (non-hydrogen) atoms. The zero-order valence-corrected chi connectivity index (χ0v) is 17.8. The van der Waals surface area contributed by atoms with Gasteiger partial charge < -0.3 is 10.2 Å². The molecule has 2 aliphatic rings. The maximum atomic E-state index is 14.1. The largest absolute Gasteiger partial charge is 0.347 e. The Kier molecular flexibility index (Phi) is 6.94. The normalized spacial score (nSPS) is 21.5. The Morgan fingerprint density at radius 3 is 2.71 bits per heavy atom. The van der Waals surface area contributed by atoms with Crippen LogP contribution in [0.1, 0.15) is 61.0 Å². The van der Waals surface area contributed by atoms with Crippen LogP contribution in [0.15, 0.2) is 36.5 Å². The fraction of sp³-hybridized carbons (Fsp3) is 0.565. The van der Waals surface area contributed by atoms with Gasteiger partial charge in [-0.3, -0.25) is 9.59 Å². The lowest BCUT2D eigenvalue weighted by Crippen LogP contribution is -2.38. The van der Waals surface area contributed by atoms with Crippen LogP contribution in [-0.4, -0.2) is 50.5 Å². The Bertz CT molecular complexity index is 881. The van der Waals surface area contributed by atoms with Crippen molar-refractivity contribution in [1.82, 2.24) is 25.2 Å². The molecule has 166 valence electrons. The van der Waals surface area contributed by atoms with Gasteiger partial charge >= 0.3 is 0 Å². The molecule has 2 amide bonds. The van der Waals surface area contributed by atoms with Crippen LogP contribution < -0.4 is 5.32 Å². The van der Waals surface area contributed by atoms with Gasteiger partial charge in [0.1, 0.15) is 6.17 Å². The third-order valence-corrected chi connectivity index (χ3v) is 6.39. The second kappa shape index (κ2) is 10.0. The lowest BCUT2D eigenvalue weighted by atomic mass is 10.0. The summed E-state index contributed by atoms with van der Waals surface area (Å²) in [5.41, 5.74) is 1.21. The second-order valence-corrected chi connectivity index (χ2v) is 8.72. The average Bonchev–Trinajstić information content (AvgIpc) is 3.53. The van der Waals surface area contributed by atoms with E-state index in [1.165, 1.54) is 30.4 Å². The van der Waals surface area contributed by atoms with E-state index in [9.17, 15) is 14.0 Å². The van der Waals surface area contributed by atoms with Crippen LogP contribution in [0.2, 0.25) is 0 Å². The Hall–Kier alpha value is -2.77. The molecule has 0 spiro atoms. The van der Waals surface area contributed by atoms with E-state index < -0.39 is 6.17 Å². The number of carbonyl (C=O) groups is 2. The first-order valence-electron chi connectivity index (χ1n) is 11.2. The average molecular weight is 428 g/mol. The molecule has 2 heterocycles. The first-order valence-corrected chi connectivity index (χ1v) is 11.2. The number of benzene rings is 1. The van der Waals surface area contributed by atoms with E-state index >= 15 is 0 Å². The summed E-state index contributed by atoms with van der Waals surface area (Å²) in [7, 11) is 0. The molecular formula is C23H30FN5O2. The molecule has 2 atom stereocenters. The van der Waals surface area contributed by atoms with Gasteiger partial charge in [-0.2, -0.15) is 0 Å². The Morgan fingerprint density at radius 2 is 1.94 bits per heavy atom. The number of hydrogen-bond donors (Lipinski definition) is 1. The van der Waals surface area contributed by atoms with Crippen LogP contribution in [-0.2, 0) is 17.9 Å². The Labute approximate surface area is 182 Å². The van der Waals surface area contributed by atoms with Gasteiger partial charge in [0.15, 0.2) is 5.69 Å². The van der Waals surface area contributed by atoms with Crippen LogP contribution in [0.5, 0.6) is 0 Å². The van der Waals surface area contributed by atoms with E-state index in [0.29, 0.717) is 31.8 Å². The highest BCUT2D eigenvalue weighted by Gasteiger charge is 2.35. The van der Waals surface area contributed by atoms with Crippen LogP contribution in [0.4, 0.5) is 4.39 Å². The molecule has 0 bridgehead atoms. The van der Waals surface area contributed by atoms with Crippen LogP contribution in [0.3, 0.4) is 0 Å². The summed E-state index contributed by atoms with van der Waals surface area (Å²) in [5.74, 6) is 0.353. The number of carbonyl (C=O) groups excluding carboxylic acids is 2. The molecule has 1 aromatic carbocycles. The maximum Gasteiger partial charge on any atom is 0.273 e. The van der Waals surface area contributed by atoms with E-state index in [2.05, 4.69) is 15.6 Å². The van der Waals surface area contributed by atoms with Gasteiger partial charge in [0, 0.05) is 19.4 Å². The zero-order chi connectivity index (χ0) is 21.6. The summed E-state index contributed by atoms with van der Waals surface area (Å²) in [6, 6.07) is 9.36. The van der Waals surface area contributed by atoms with E-state index in [0.717, 1.165) is 12.0 Å². The van der Waals surface area contributed by atoms with Crippen molar-refractivity contribution in [2.45, 2.75) is 70.2 Å².